The Morgan fingerprint density at radius 2 is 2.00 bits per heavy atom. The van der Waals surface area contributed by atoms with Crippen LogP contribution in [0.3, 0.4) is 0 Å². The van der Waals surface area contributed by atoms with Gasteiger partial charge in [0.25, 0.3) is 5.91 Å². The van der Waals surface area contributed by atoms with Crippen LogP contribution in [0.25, 0.3) is 5.57 Å². The van der Waals surface area contributed by atoms with Crippen molar-refractivity contribution in [3.05, 3.63) is 29.7 Å². The van der Waals surface area contributed by atoms with Crippen LogP contribution in [0.4, 0.5) is 0 Å². The van der Waals surface area contributed by atoms with Gasteiger partial charge in [-0.2, -0.15) is 0 Å². The van der Waals surface area contributed by atoms with E-state index in [1.807, 2.05) is 39.8 Å². The van der Waals surface area contributed by atoms with Crippen molar-refractivity contribution in [2.45, 2.75) is 33.7 Å². The lowest BCUT2D eigenvalue weighted by Gasteiger charge is -2.05. The molecule has 0 aliphatic carbocycles. The molecule has 0 aliphatic heterocycles. The normalized spacial score (nSPS) is 11.9. The first-order valence-electron chi connectivity index (χ1n) is 5.08. The first-order valence-corrected chi connectivity index (χ1v) is 5.08. The number of hydrogen-bond donors (Lipinski definition) is 1. The van der Waals surface area contributed by atoms with Crippen LogP contribution in [0.5, 0.6) is 0 Å². The molecule has 15 heavy (non-hydrogen) atoms. The lowest BCUT2D eigenvalue weighted by molar-refractivity contribution is 0.0914. The lowest BCUT2D eigenvalue weighted by atomic mass is 10.2. The van der Waals surface area contributed by atoms with E-state index in [1.54, 1.807) is 6.07 Å². The Labute approximate surface area is 90.2 Å². The summed E-state index contributed by atoms with van der Waals surface area (Å²) in [5.74, 6) is 0.937. The molecule has 0 aromatic carbocycles. The zero-order chi connectivity index (χ0) is 11.4. The average molecular weight is 207 g/mol. The summed E-state index contributed by atoms with van der Waals surface area (Å²) in [6, 6.07) is 3.62. The summed E-state index contributed by atoms with van der Waals surface area (Å²) in [5, 5.41) is 2.78. The van der Waals surface area contributed by atoms with E-state index < -0.39 is 0 Å². The maximum absolute atomic E-state index is 11.6. The van der Waals surface area contributed by atoms with E-state index in [1.165, 1.54) is 0 Å². The highest BCUT2D eigenvalue weighted by atomic mass is 16.3. The molecule has 0 radical (unpaired) electrons. The summed E-state index contributed by atoms with van der Waals surface area (Å²) in [6.07, 6.45) is 1.95. The SMILES string of the molecule is CC=C(C)c1ccc(C(=O)NC(C)C)o1. The van der Waals surface area contributed by atoms with E-state index in [4.69, 9.17) is 4.42 Å². The average Bonchev–Trinajstić information content (AvgIpc) is 2.64. The minimum absolute atomic E-state index is 0.119. The quantitative estimate of drug-likeness (QED) is 0.828. The molecule has 1 heterocycles. The van der Waals surface area contributed by atoms with Gasteiger partial charge in [-0.15, -0.1) is 0 Å². The molecule has 1 N–H and O–H groups in total. The molecule has 0 saturated heterocycles. The lowest BCUT2D eigenvalue weighted by Crippen LogP contribution is -2.29. The van der Waals surface area contributed by atoms with E-state index >= 15 is 0 Å². The van der Waals surface area contributed by atoms with Crippen molar-refractivity contribution in [3.8, 4) is 0 Å². The van der Waals surface area contributed by atoms with Gasteiger partial charge in [0, 0.05) is 6.04 Å². The Morgan fingerprint density at radius 1 is 1.40 bits per heavy atom. The van der Waals surface area contributed by atoms with E-state index in [0.717, 1.165) is 11.3 Å². The number of carbonyl (C=O) groups excluding carboxylic acids is 1. The molecule has 0 spiro atoms. The first-order chi connectivity index (χ1) is 7.04. The molecule has 82 valence electrons. The first kappa shape index (κ1) is 11.6. The van der Waals surface area contributed by atoms with Gasteiger partial charge in [0.05, 0.1) is 0 Å². The minimum atomic E-state index is -0.167. The third-order valence-corrected chi connectivity index (χ3v) is 2.07. The highest BCUT2D eigenvalue weighted by molar-refractivity contribution is 5.92. The number of amides is 1. The summed E-state index contributed by atoms with van der Waals surface area (Å²) < 4.78 is 5.42. The van der Waals surface area contributed by atoms with Crippen LogP contribution in [0, 0.1) is 0 Å². The van der Waals surface area contributed by atoms with Crippen LogP contribution < -0.4 is 5.32 Å². The molecule has 0 fully saturated rings. The van der Waals surface area contributed by atoms with Crippen LogP contribution in [0.1, 0.15) is 44.0 Å². The standard InChI is InChI=1S/C12H17NO2/c1-5-9(4)10-6-7-11(15-10)12(14)13-8(2)3/h5-8H,1-4H3,(H,13,14). The van der Waals surface area contributed by atoms with Gasteiger partial charge in [-0.25, -0.2) is 0 Å². The molecule has 1 amide bonds. The molecular formula is C12H17NO2. The van der Waals surface area contributed by atoms with E-state index in [-0.39, 0.29) is 11.9 Å². The Hall–Kier alpha value is -1.51. The third kappa shape index (κ3) is 2.98. The molecule has 1 aromatic heterocycles. The molecule has 0 aliphatic rings. The fourth-order valence-corrected chi connectivity index (χ4v) is 1.15. The van der Waals surface area contributed by atoms with Crippen molar-refractivity contribution in [2.75, 3.05) is 0 Å². The molecule has 1 rings (SSSR count). The Balaban J connectivity index is 2.80. The summed E-state index contributed by atoms with van der Waals surface area (Å²) in [7, 11) is 0. The van der Waals surface area contributed by atoms with Crippen molar-refractivity contribution < 1.29 is 9.21 Å². The molecule has 0 bridgehead atoms. The number of hydrogen-bond acceptors (Lipinski definition) is 2. The fourth-order valence-electron chi connectivity index (χ4n) is 1.15. The number of allylic oxidation sites excluding steroid dienone is 2. The molecule has 0 unspecified atom stereocenters. The number of carbonyl (C=O) groups is 1. The van der Waals surface area contributed by atoms with Gasteiger partial charge < -0.3 is 9.73 Å². The van der Waals surface area contributed by atoms with E-state index in [0.29, 0.717) is 5.76 Å². The molecule has 0 atom stereocenters. The number of nitrogens with one attached hydrogen (secondary N) is 1. The predicted octanol–water partition coefficient (Wildman–Crippen LogP) is 2.84. The van der Waals surface area contributed by atoms with Crippen molar-refractivity contribution in [1.29, 1.82) is 0 Å². The second-order valence-electron chi connectivity index (χ2n) is 3.76. The molecule has 0 saturated carbocycles. The molecule has 3 nitrogen and oxygen atoms in total. The van der Waals surface area contributed by atoms with Gasteiger partial charge in [-0.3, -0.25) is 4.79 Å². The Morgan fingerprint density at radius 3 is 2.53 bits per heavy atom. The molecular weight excluding hydrogens is 190 g/mol. The second kappa shape index (κ2) is 4.82. The zero-order valence-electron chi connectivity index (χ0n) is 9.63. The summed E-state index contributed by atoms with van der Waals surface area (Å²) in [5.41, 5.74) is 1.03. The van der Waals surface area contributed by atoms with Crippen LogP contribution in [-0.2, 0) is 0 Å². The molecule has 3 heteroatoms. The Kier molecular flexibility index (Phi) is 3.72. The summed E-state index contributed by atoms with van der Waals surface area (Å²) in [6.45, 7) is 7.71. The van der Waals surface area contributed by atoms with Gasteiger partial charge in [0.2, 0.25) is 0 Å². The largest absolute Gasteiger partial charge is 0.451 e. The van der Waals surface area contributed by atoms with Crippen molar-refractivity contribution >= 4 is 11.5 Å². The van der Waals surface area contributed by atoms with Crippen LogP contribution in [0.15, 0.2) is 22.6 Å². The van der Waals surface area contributed by atoms with Gasteiger partial charge in [-0.05, 0) is 45.4 Å². The summed E-state index contributed by atoms with van der Waals surface area (Å²) in [4.78, 5) is 11.6. The van der Waals surface area contributed by atoms with Crippen LogP contribution in [0.2, 0.25) is 0 Å². The predicted molar refractivity (Wildman–Crippen MR) is 60.6 cm³/mol. The minimum Gasteiger partial charge on any atom is -0.451 e. The fraction of sp³-hybridized carbons (Fsp3) is 0.417. The zero-order valence-corrected chi connectivity index (χ0v) is 9.63. The van der Waals surface area contributed by atoms with Gasteiger partial charge in [0.15, 0.2) is 5.76 Å². The highest BCUT2D eigenvalue weighted by Gasteiger charge is 2.12. The smallest absolute Gasteiger partial charge is 0.287 e. The van der Waals surface area contributed by atoms with Crippen molar-refractivity contribution in [1.82, 2.24) is 5.32 Å². The van der Waals surface area contributed by atoms with Crippen molar-refractivity contribution in [3.63, 3.8) is 0 Å². The summed E-state index contributed by atoms with van der Waals surface area (Å²) >= 11 is 0. The van der Waals surface area contributed by atoms with E-state index in [9.17, 15) is 4.79 Å². The van der Waals surface area contributed by atoms with Crippen molar-refractivity contribution in [2.24, 2.45) is 0 Å². The van der Waals surface area contributed by atoms with E-state index in [2.05, 4.69) is 5.32 Å². The second-order valence-corrected chi connectivity index (χ2v) is 3.76. The van der Waals surface area contributed by atoms with Gasteiger partial charge in [-0.1, -0.05) is 6.08 Å². The van der Waals surface area contributed by atoms with Gasteiger partial charge >= 0.3 is 0 Å². The van der Waals surface area contributed by atoms with Gasteiger partial charge in [0.1, 0.15) is 5.76 Å². The highest BCUT2D eigenvalue weighted by Crippen LogP contribution is 2.16. The topological polar surface area (TPSA) is 42.2 Å². The number of furan rings is 1. The Bertz CT molecular complexity index is 375. The van der Waals surface area contributed by atoms with Crippen LogP contribution in [-0.4, -0.2) is 11.9 Å². The number of rotatable bonds is 3. The monoisotopic (exact) mass is 207 g/mol. The maximum Gasteiger partial charge on any atom is 0.287 e. The molecule has 1 aromatic rings. The maximum atomic E-state index is 11.6. The third-order valence-electron chi connectivity index (χ3n) is 2.07. The van der Waals surface area contributed by atoms with Crippen LogP contribution >= 0.6 is 0 Å².